The maximum Gasteiger partial charge on any atom is 0.335 e. The molecule has 1 saturated heterocycles. The summed E-state index contributed by atoms with van der Waals surface area (Å²) in [4.78, 5) is 45.3. The number of carboxylic acids is 1. The van der Waals surface area contributed by atoms with Crippen molar-refractivity contribution in [1.29, 1.82) is 0 Å². The van der Waals surface area contributed by atoms with Gasteiger partial charge in [-0.15, -0.1) is 0 Å². The van der Waals surface area contributed by atoms with E-state index in [1.54, 1.807) is 19.2 Å². The minimum absolute atomic E-state index is 0.219. The summed E-state index contributed by atoms with van der Waals surface area (Å²) >= 11 is 0. The van der Waals surface area contributed by atoms with Crippen LogP contribution in [0.4, 0.5) is 0 Å². The number of carboxylic acid groups (broad SMARTS) is 1. The highest BCUT2D eigenvalue weighted by Crippen LogP contribution is 2.33. The van der Waals surface area contributed by atoms with Gasteiger partial charge < -0.3 is 30.2 Å². The molecule has 0 radical (unpaired) electrons. The largest absolute Gasteiger partial charge is 0.481 e. The van der Waals surface area contributed by atoms with Crippen molar-refractivity contribution < 1.29 is 48.2 Å². The first-order chi connectivity index (χ1) is 13.6. The first kappa shape index (κ1) is 22.2. The van der Waals surface area contributed by atoms with Gasteiger partial charge in [-0.3, -0.25) is 14.4 Å². The van der Waals surface area contributed by atoms with Crippen molar-refractivity contribution >= 4 is 23.8 Å². The molecular formula is C18H23N2O9+. The number of aromatic nitrogens is 1. The fourth-order valence-electron chi connectivity index (χ4n) is 2.95. The maximum atomic E-state index is 11.7. The third-order valence-electron chi connectivity index (χ3n) is 4.43. The van der Waals surface area contributed by atoms with Crippen molar-refractivity contribution in [2.45, 2.75) is 44.8 Å². The highest BCUT2D eigenvalue weighted by molar-refractivity contribution is 5.92. The summed E-state index contributed by atoms with van der Waals surface area (Å²) in [5.74, 6) is -4.05. The molecule has 0 spiro atoms. The Morgan fingerprint density at radius 1 is 1.34 bits per heavy atom. The van der Waals surface area contributed by atoms with Gasteiger partial charge >= 0.3 is 24.1 Å². The zero-order valence-electron chi connectivity index (χ0n) is 15.9. The zero-order chi connectivity index (χ0) is 21.7. The molecule has 1 aliphatic heterocycles. The zero-order valence-corrected chi connectivity index (χ0v) is 15.9. The molecule has 1 aromatic rings. The molecule has 1 aliphatic rings. The van der Waals surface area contributed by atoms with Crippen LogP contribution in [-0.4, -0.2) is 58.9 Å². The summed E-state index contributed by atoms with van der Waals surface area (Å²) in [5.41, 5.74) is 5.51. The number of rotatable bonds is 8. The van der Waals surface area contributed by atoms with Crippen LogP contribution in [0.1, 0.15) is 36.9 Å². The van der Waals surface area contributed by atoms with E-state index in [1.165, 1.54) is 23.8 Å². The molecule has 1 amide bonds. The number of esters is 2. The Labute approximate surface area is 166 Å². The molecular weight excluding hydrogens is 388 g/mol. The SMILES string of the molecule is CC(=O)O[C@@H]1[C@H](C)[C@@H](COC(=O)[C@@H](O)CC(=O)O)O[C@H]1[n+]1cccc(C(N)=O)c1. The number of pyridine rings is 1. The van der Waals surface area contributed by atoms with Gasteiger partial charge in [0.25, 0.3) is 5.91 Å². The first-order valence-electron chi connectivity index (χ1n) is 8.80. The lowest BCUT2D eigenvalue weighted by Crippen LogP contribution is -2.46. The van der Waals surface area contributed by atoms with Crippen LogP contribution in [0.15, 0.2) is 24.5 Å². The molecule has 29 heavy (non-hydrogen) atoms. The Hall–Kier alpha value is -3.05. The Kier molecular flexibility index (Phi) is 7.23. The van der Waals surface area contributed by atoms with E-state index in [0.29, 0.717) is 0 Å². The fraction of sp³-hybridized carbons (Fsp3) is 0.500. The highest BCUT2D eigenvalue weighted by atomic mass is 16.6. The van der Waals surface area contributed by atoms with Gasteiger partial charge in [0.05, 0.1) is 6.42 Å². The molecule has 11 heteroatoms. The van der Waals surface area contributed by atoms with Crippen LogP contribution in [0, 0.1) is 5.92 Å². The maximum absolute atomic E-state index is 11.7. The van der Waals surface area contributed by atoms with Crippen LogP contribution in [0.25, 0.3) is 0 Å². The van der Waals surface area contributed by atoms with Gasteiger partial charge in [-0.05, 0) is 6.07 Å². The average molecular weight is 411 g/mol. The van der Waals surface area contributed by atoms with Gasteiger partial charge in [0.2, 0.25) is 0 Å². The molecule has 2 rings (SSSR count). The number of hydrogen-bond donors (Lipinski definition) is 3. The van der Waals surface area contributed by atoms with E-state index in [2.05, 4.69) is 0 Å². The lowest BCUT2D eigenvalue weighted by Gasteiger charge is -2.18. The highest BCUT2D eigenvalue weighted by Gasteiger charge is 2.50. The van der Waals surface area contributed by atoms with Gasteiger partial charge in [-0.1, -0.05) is 6.92 Å². The predicted octanol–water partition coefficient (Wildman–Crippen LogP) is -1.08. The van der Waals surface area contributed by atoms with Gasteiger partial charge in [0.15, 0.2) is 24.6 Å². The molecule has 1 fully saturated rings. The van der Waals surface area contributed by atoms with E-state index < -0.39 is 60.7 Å². The molecule has 0 unspecified atom stereocenters. The van der Waals surface area contributed by atoms with Crippen LogP contribution < -0.4 is 10.3 Å². The summed E-state index contributed by atoms with van der Waals surface area (Å²) in [6.45, 7) is 2.67. The van der Waals surface area contributed by atoms with Crippen LogP contribution in [0.3, 0.4) is 0 Å². The lowest BCUT2D eigenvalue weighted by atomic mass is 10.0. The van der Waals surface area contributed by atoms with Gasteiger partial charge in [-0.2, -0.15) is 4.57 Å². The number of nitrogens with two attached hydrogens (primary N) is 1. The molecule has 158 valence electrons. The van der Waals surface area contributed by atoms with Crippen molar-refractivity contribution in [1.82, 2.24) is 0 Å². The number of primary amides is 1. The molecule has 0 saturated carbocycles. The van der Waals surface area contributed by atoms with Crippen molar-refractivity contribution in [2.24, 2.45) is 11.7 Å². The molecule has 0 aromatic carbocycles. The Bertz CT molecular complexity index is 797. The van der Waals surface area contributed by atoms with E-state index >= 15 is 0 Å². The van der Waals surface area contributed by atoms with Crippen LogP contribution in [-0.2, 0) is 28.6 Å². The fourth-order valence-corrected chi connectivity index (χ4v) is 2.95. The topological polar surface area (TPSA) is 166 Å². The number of hydrogen-bond acceptors (Lipinski definition) is 8. The van der Waals surface area contributed by atoms with E-state index in [1.807, 2.05) is 0 Å². The molecule has 11 nitrogen and oxygen atoms in total. The second-order valence-corrected chi connectivity index (χ2v) is 6.65. The summed E-state index contributed by atoms with van der Waals surface area (Å²) < 4.78 is 17.7. The Balaban J connectivity index is 2.15. The van der Waals surface area contributed by atoms with Crippen LogP contribution in [0.5, 0.6) is 0 Å². The monoisotopic (exact) mass is 411 g/mol. The molecule has 0 bridgehead atoms. The standard InChI is InChI=1S/C18H22N2O9/c1-9-13(8-27-18(26)12(22)6-14(23)24)29-17(15(9)28-10(2)21)20-5-3-4-11(7-20)16(19)25/h3-5,7,9,12-13,15,17,22H,6,8H2,1-2H3,(H2-,19,23,24,25)/p+1/t9-,12+,13-,15-,17-/m1/s1. The predicted molar refractivity (Wildman–Crippen MR) is 93.0 cm³/mol. The molecule has 4 N–H and O–H groups in total. The number of carbonyl (C=O) groups is 4. The van der Waals surface area contributed by atoms with Crippen molar-refractivity contribution in [2.75, 3.05) is 6.61 Å². The van der Waals surface area contributed by atoms with E-state index in [0.717, 1.165) is 0 Å². The van der Waals surface area contributed by atoms with E-state index in [9.17, 15) is 24.3 Å². The molecule has 5 atom stereocenters. The third kappa shape index (κ3) is 5.72. The van der Waals surface area contributed by atoms with Gasteiger partial charge in [0.1, 0.15) is 18.3 Å². The van der Waals surface area contributed by atoms with Crippen LogP contribution in [0.2, 0.25) is 0 Å². The number of amides is 1. The number of nitrogens with zero attached hydrogens (tertiary/aromatic N) is 1. The van der Waals surface area contributed by atoms with Gasteiger partial charge in [-0.25, -0.2) is 4.79 Å². The number of aliphatic hydroxyl groups excluding tert-OH is 1. The summed E-state index contributed by atoms with van der Waals surface area (Å²) in [5, 5.41) is 18.1. The quantitative estimate of drug-likeness (QED) is 0.356. The summed E-state index contributed by atoms with van der Waals surface area (Å²) in [7, 11) is 0. The van der Waals surface area contributed by atoms with Crippen molar-refractivity contribution in [3.8, 4) is 0 Å². The number of aliphatic hydroxyl groups is 1. The van der Waals surface area contributed by atoms with E-state index in [4.69, 9.17) is 25.1 Å². The van der Waals surface area contributed by atoms with Crippen LogP contribution >= 0.6 is 0 Å². The smallest absolute Gasteiger partial charge is 0.335 e. The van der Waals surface area contributed by atoms with Crippen molar-refractivity contribution in [3.05, 3.63) is 30.1 Å². The van der Waals surface area contributed by atoms with Crippen molar-refractivity contribution in [3.63, 3.8) is 0 Å². The molecule has 2 heterocycles. The third-order valence-corrected chi connectivity index (χ3v) is 4.43. The van der Waals surface area contributed by atoms with E-state index in [-0.39, 0.29) is 12.2 Å². The lowest BCUT2D eigenvalue weighted by molar-refractivity contribution is -0.765. The average Bonchev–Trinajstić information content (AvgIpc) is 2.94. The van der Waals surface area contributed by atoms with Gasteiger partial charge in [0, 0.05) is 18.9 Å². The second-order valence-electron chi connectivity index (χ2n) is 6.65. The minimum Gasteiger partial charge on any atom is -0.481 e. The normalized spacial score (nSPS) is 24.5. The summed E-state index contributed by atoms with van der Waals surface area (Å²) in [6.07, 6.45) is -1.82. The minimum atomic E-state index is -1.80. The number of ether oxygens (including phenoxy) is 3. The number of carbonyl (C=O) groups excluding carboxylic acids is 3. The first-order valence-corrected chi connectivity index (χ1v) is 8.80. The summed E-state index contributed by atoms with van der Waals surface area (Å²) in [6, 6.07) is 3.09. The number of aliphatic carboxylic acids is 1. The second kappa shape index (κ2) is 9.43. The Morgan fingerprint density at radius 2 is 2.03 bits per heavy atom. The Morgan fingerprint density at radius 3 is 2.62 bits per heavy atom. The molecule has 0 aliphatic carbocycles. The molecule has 1 aromatic heterocycles.